The number of nitrogens with zero attached hydrogens (tertiary/aromatic N) is 3. The SMILES string of the molecule is Nc1nc(N(Br)c2ccccc2)c2cc(-c3ccc4c(c3)CCC4=O)ccc2n1. The summed E-state index contributed by atoms with van der Waals surface area (Å²) in [5.74, 6) is 1.13. The van der Waals surface area contributed by atoms with Crippen LogP contribution in [0, 0.1) is 0 Å². The third-order valence-corrected chi connectivity index (χ3v) is 5.97. The molecule has 5 rings (SSSR count). The van der Waals surface area contributed by atoms with Crippen molar-refractivity contribution < 1.29 is 4.79 Å². The first-order chi connectivity index (χ1) is 14.1. The molecule has 142 valence electrons. The van der Waals surface area contributed by atoms with Crippen molar-refractivity contribution in [1.29, 1.82) is 0 Å². The van der Waals surface area contributed by atoms with Crippen LogP contribution < -0.4 is 9.66 Å². The first-order valence-corrected chi connectivity index (χ1v) is 10.1. The standard InChI is InChI=1S/C23H17BrN4O/c24-28(17-4-2-1-3-5-17)22-19-13-15(7-10-20(19)26-23(25)27-22)14-6-9-18-16(12-14)8-11-21(18)29/h1-7,9-10,12-13H,8,11H2,(H2,25,26,27). The Morgan fingerprint density at radius 1 is 0.897 bits per heavy atom. The highest BCUT2D eigenvalue weighted by molar-refractivity contribution is 9.10. The van der Waals surface area contributed by atoms with E-state index in [-0.39, 0.29) is 11.7 Å². The normalized spacial score (nSPS) is 12.9. The highest BCUT2D eigenvalue weighted by Gasteiger charge is 2.20. The van der Waals surface area contributed by atoms with Crippen LogP contribution in [-0.2, 0) is 6.42 Å². The summed E-state index contributed by atoms with van der Waals surface area (Å²) < 4.78 is 1.83. The Balaban J connectivity index is 1.65. The fourth-order valence-corrected chi connectivity index (χ4v) is 4.28. The zero-order valence-corrected chi connectivity index (χ0v) is 17.1. The average molecular weight is 445 g/mol. The summed E-state index contributed by atoms with van der Waals surface area (Å²) in [6.07, 6.45) is 1.41. The molecule has 1 aliphatic carbocycles. The van der Waals surface area contributed by atoms with E-state index in [0.717, 1.165) is 45.3 Å². The number of hydrogen-bond donors (Lipinski definition) is 1. The molecule has 29 heavy (non-hydrogen) atoms. The second kappa shape index (κ2) is 6.97. The number of carbonyl (C=O) groups is 1. The maximum absolute atomic E-state index is 11.9. The van der Waals surface area contributed by atoms with Gasteiger partial charge in [-0.2, -0.15) is 4.98 Å². The number of para-hydroxylation sites is 1. The van der Waals surface area contributed by atoms with Crippen LogP contribution in [0.1, 0.15) is 22.3 Å². The smallest absolute Gasteiger partial charge is 0.222 e. The van der Waals surface area contributed by atoms with Crippen LogP contribution >= 0.6 is 16.1 Å². The number of rotatable bonds is 3. The van der Waals surface area contributed by atoms with Crippen LogP contribution in [-0.4, -0.2) is 15.8 Å². The summed E-state index contributed by atoms with van der Waals surface area (Å²) in [6.45, 7) is 0. The van der Waals surface area contributed by atoms with Crippen LogP contribution in [0.25, 0.3) is 22.0 Å². The summed E-state index contributed by atoms with van der Waals surface area (Å²) in [4.78, 5) is 20.8. The van der Waals surface area contributed by atoms with Gasteiger partial charge in [0.05, 0.1) is 27.4 Å². The van der Waals surface area contributed by atoms with Gasteiger partial charge in [-0.25, -0.2) is 4.98 Å². The Hall–Kier alpha value is -3.25. The van der Waals surface area contributed by atoms with Crippen molar-refractivity contribution in [3.05, 3.63) is 77.9 Å². The van der Waals surface area contributed by atoms with E-state index in [9.17, 15) is 4.79 Å². The molecule has 3 aromatic carbocycles. The number of anilines is 3. The maximum atomic E-state index is 11.9. The third-order valence-electron chi connectivity index (χ3n) is 5.22. The molecule has 6 heteroatoms. The van der Waals surface area contributed by atoms with E-state index in [4.69, 9.17) is 5.73 Å². The second-order valence-corrected chi connectivity index (χ2v) is 7.76. The molecule has 1 aromatic heterocycles. The molecule has 1 aliphatic rings. The third kappa shape index (κ3) is 3.15. The highest BCUT2D eigenvalue weighted by Crippen LogP contribution is 2.36. The lowest BCUT2D eigenvalue weighted by atomic mass is 9.99. The van der Waals surface area contributed by atoms with Crippen molar-refractivity contribution >= 4 is 50.3 Å². The molecular formula is C23H17BrN4O. The van der Waals surface area contributed by atoms with Crippen molar-refractivity contribution in [2.75, 3.05) is 9.66 Å². The molecule has 0 unspecified atom stereocenters. The molecule has 4 aromatic rings. The summed E-state index contributed by atoms with van der Waals surface area (Å²) in [5, 5.41) is 0.883. The molecule has 0 aliphatic heterocycles. The summed E-state index contributed by atoms with van der Waals surface area (Å²) in [6, 6.07) is 22.0. The quantitative estimate of drug-likeness (QED) is 0.425. The number of benzene rings is 3. The number of Topliss-reactive ketones (excluding diaryl/α,β-unsaturated/α-hetero) is 1. The monoisotopic (exact) mass is 444 g/mol. The number of hydrogen-bond acceptors (Lipinski definition) is 5. The average Bonchev–Trinajstić information content (AvgIpc) is 3.13. The molecule has 0 amide bonds. The van der Waals surface area contributed by atoms with E-state index in [1.54, 1.807) is 0 Å². The maximum Gasteiger partial charge on any atom is 0.222 e. The van der Waals surface area contributed by atoms with E-state index >= 15 is 0 Å². The van der Waals surface area contributed by atoms with Gasteiger partial charge in [0.2, 0.25) is 5.95 Å². The van der Waals surface area contributed by atoms with Crippen LogP contribution in [0.2, 0.25) is 0 Å². The first kappa shape index (κ1) is 17.8. The van der Waals surface area contributed by atoms with Gasteiger partial charge in [0, 0.05) is 17.4 Å². The van der Waals surface area contributed by atoms with Gasteiger partial charge in [-0.3, -0.25) is 8.72 Å². The summed E-state index contributed by atoms with van der Waals surface area (Å²) in [7, 11) is 0. The molecular weight excluding hydrogens is 428 g/mol. The van der Waals surface area contributed by atoms with Crippen molar-refractivity contribution in [2.45, 2.75) is 12.8 Å². The number of aromatic nitrogens is 2. The van der Waals surface area contributed by atoms with Crippen LogP contribution in [0.15, 0.2) is 66.7 Å². The minimum Gasteiger partial charge on any atom is -0.368 e. The van der Waals surface area contributed by atoms with Gasteiger partial charge in [-0.1, -0.05) is 42.5 Å². The van der Waals surface area contributed by atoms with Gasteiger partial charge in [0.25, 0.3) is 0 Å². The fourth-order valence-electron chi connectivity index (χ4n) is 3.78. The molecule has 0 bridgehead atoms. The predicted molar refractivity (Wildman–Crippen MR) is 120 cm³/mol. The summed E-state index contributed by atoms with van der Waals surface area (Å²) >= 11 is 3.63. The summed E-state index contributed by atoms with van der Waals surface area (Å²) in [5.41, 5.74) is 11.8. The lowest BCUT2D eigenvalue weighted by molar-refractivity contribution is 0.0994. The Morgan fingerprint density at radius 2 is 1.66 bits per heavy atom. The van der Waals surface area contributed by atoms with E-state index in [1.165, 1.54) is 0 Å². The number of ketones is 1. The Kier molecular flexibility index (Phi) is 4.28. The van der Waals surface area contributed by atoms with Crippen LogP contribution in [0.3, 0.4) is 0 Å². The van der Waals surface area contributed by atoms with E-state index < -0.39 is 0 Å². The van der Waals surface area contributed by atoms with Crippen molar-refractivity contribution in [1.82, 2.24) is 9.97 Å². The number of nitrogen functional groups attached to an aromatic ring is 1. The predicted octanol–water partition coefficient (Wildman–Crippen LogP) is 5.46. The largest absolute Gasteiger partial charge is 0.368 e. The number of nitrogens with two attached hydrogens (primary N) is 1. The van der Waals surface area contributed by atoms with Crippen molar-refractivity contribution in [3.63, 3.8) is 0 Å². The second-order valence-electron chi connectivity index (χ2n) is 7.05. The van der Waals surface area contributed by atoms with E-state index in [2.05, 4.69) is 38.2 Å². The van der Waals surface area contributed by atoms with Gasteiger partial charge < -0.3 is 5.73 Å². The molecule has 0 fully saturated rings. The lowest BCUT2D eigenvalue weighted by Gasteiger charge is -2.18. The molecule has 0 atom stereocenters. The molecule has 1 heterocycles. The Bertz CT molecular complexity index is 1260. The minimum atomic E-state index is 0.219. The van der Waals surface area contributed by atoms with Gasteiger partial charge in [0.15, 0.2) is 11.6 Å². The lowest BCUT2D eigenvalue weighted by Crippen LogP contribution is -2.07. The molecule has 0 radical (unpaired) electrons. The van der Waals surface area contributed by atoms with E-state index in [0.29, 0.717) is 12.2 Å². The van der Waals surface area contributed by atoms with Crippen molar-refractivity contribution in [2.24, 2.45) is 0 Å². The fraction of sp³-hybridized carbons (Fsp3) is 0.0870. The van der Waals surface area contributed by atoms with Gasteiger partial charge in [-0.15, -0.1) is 0 Å². The number of aryl methyl sites for hydroxylation is 1. The van der Waals surface area contributed by atoms with Gasteiger partial charge >= 0.3 is 0 Å². The van der Waals surface area contributed by atoms with Gasteiger partial charge in [-0.05, 0) is 47.4 Å². The number of fused-ring (bicyclic) bond motifs is 2. The van der Waals surface area contributed by atoms with Crippen LogP contribution in [0.4, 0.5) is 17.5 Å². The van der Waals surface area contributed by atoms with E-state index in [1.807, 2.05) is 58.5 Å². The molecule has 0 spiro atoms. The van der Waals surface area contributed by atoms with Gasteiger partial charge in [0.1, 0.15) is 0 Å². The van der Waals surface area contributed by atoms with Crippen molar-refractivity contribution in [3.8, 4) is 11.1 Å². The molecule has 5 nitrogen and oxygen atoms in total. The highest BCUT2D eigenvalue weighted by atomic mass is 79.9. The minimum absolute atomic E-state index is 0.219. The zero-order chi connectivity index (χ0) is 20.0. The number of carbonyl (C=O) groups excluding carboxylic acids is 1. The number of halogens is 1. The molecule has 0 saturated heterocycles. The topological polar surface area (TPSA) is 72.1 Å². The Morgan fingerprint density at radius 3 is 2.48 bits per heavy atom. The Labute approximate surface area is 176 Å². The van der Waals surface area contributed by atoms with Crippen LogP contribution in [0.5, 0.6) is 0 Å². The zero-order valence-electron chi connectivity index (χ0n) is 15.5. The molecule has 0 saturated carbocycles. The molecule has 2 N–H and O–H groups in total. The first-order valence-electron chi connectivity index (χ1n) is 9.35.